The number of nitrogens with zero attached hydrogens (tertiary/aromatic N) is 2. The van der Waals surface area contributed by atoms with Gasteiger partial charge in [-0.05, 0) is 56.9 Å². The molecule has 1 saturated heterocycles. The van der Waals surface area contributed by atoms with Gasteiger partial charge in [-0.2, -0.15) is 0 Å². The molecule has 0 bridgehead atoms. The molecule has 206 valence electrons. The monoisotopic (exact) mass is 549 g/mol. The standard InChI is InChI=1S/C31H36ClN3O4/c1-31(2,3)33-28(37)26(19-21-10-5-4-6-11-21)35(20-22-12-9-13-23(32)18-22)27(36)16-17-34-29(38)24-14-7-8-15-25(24)30(34)39/h4-13,18,24-26H,14-17,19-20H2,1-3H3,(H,33,37)/t24-,25+,26-/m0/s1. The van der Waals surface area contributed by atoms with E-state index in [1.54, 1.807) is 23.1 Å². The van der Waals surface area contributed by atoms with Crippen molar-refractivity contribution in [3.8, 4) is 0 Å². The average Bonchev–Trinajstić information content (AvgIpc) is 3.13. The van der Waals surface area contributed by atoms with Gasteiger partial charge in [-0.3, -0.25) is 24.1 Å². The Balaban J connectivity index is 1.60. The van der Waals surface area contributed by atoms with Gasteiger partial charge in [-0.25, -0.2) is 0 Å². The van der Waals surface area contributed by atoms with E-state index in [1.165, 1.54) is 4.90 Å². The van der Waals surface area contributed by atoms with Crippen molar-refractivity contribution in [2.45, 2.75) is 64.6 Å². The highest BCUT2D eigenvalue weighted by atomic mass is 35.5. The number of halogens is 1. The van der Waals surface area contributed by atoms with Crippen LogP contribution in [0.15, 0.2) is 66.7 Å². The van der Waals surface area contributed by atoms with Crippen molar-refractivity contribution in [1.82, 2.24) is 15.1 Å². The molecule has 2 aromatic carbocycles. The van der Waals surface area contributed by atoms with E-state index >= 15 is 0 Å². The van der Waals surface area contributed by atoms with Crippen molar-refractivity contribution < 1.29 is 19.2 Å². The maximum absolute atomic E-state index is 13.9. The largest absolute Gasteiger partial charge is 0.350 e. The zero-order chi connectivity index (χ0) is 28.2. The van der Waals surface area contributed by atoms with Crippen LogP contribution in [-0.4, -0.2) is 51.6 Å². The first-order valence-corrected chi connectivity index (χ1v) is 13.8. The van der Waals surface area contributed by atoms with Crippen molar-refractivity contribution in [3.05, 3.63) is 82.9 Å². The zero-order valence-corrected chi connectivity index (χ0v) is 23.5. The minimum atomic E-state index is -0.810. The molecule has 4 rings (SSSR count). The van der Waals surface area contributed by atoms with Gasteiger partial charge < -0.3 is 10.2 Å². The summed E-state index contributed by atoms with van der Waals surface area (Å²) in [5.41, 5.74) is 1.19. The Hall–Kier alpha value is -3.45. The third-order valence-corrected chi connectivity index (χ3v) is 7.39. The second kappa shape index (κ2) is 12.2. The maximum Gasteiger partial charge on any atom is 0.243 e. The Bertz CT molecular complexity index is 1230. The SMILES string of the molecule is CC(C)(C)NC(=O)[C@H](Cc1ccccc1)N(Cc1cccc(Cl)c1)C(=O)CCN1C(=O)[C@H]2CC=CC[C@H]2C1=O. The number of nitrogens with one attached hydrogen (secondary N) is 1. The van der Waals surface area contributed by atoms with E-state index in [-0.39, 0.29) is 55.0 Å². The number of rotatable bonds is 9. The van der Waals surface area contributed by atoms with Gasteiger partial charge in [0.05, 0.1) is 11.8 Å². The Kier molecular flexibility index (Phi) is 8.90. The van der Waals surface area contributed by atoms with Crippen LogP contribution in [0.5, 0.6) is 0 Å². The number of imide groups is 1. The summed E-state index contributed by atoms with van der Waals surface area (Å²) in [5, 5.41) is 3.56. The van der Waals surface area contributed by atoms with Crippen molar-refractivity contribution in [1.29, 1.82) is 0 Å². The van der Waals surface area contributed by atoms with Crippen LogP contribution in [-0.2, 0) is 32.1 Å². The molecule has 4 amide bonds. The van der Waals surface area contributed by atoms with Gasteiger partial charge in [0.1, 0.15) is 6.04 Å². The van der Waals surface area contributed by atoms with Crippen LogP contribution in [0.1, 0.15) is 51.2 Å². The molecule has 1 aliphatic carbocycles. The van der Waals surface area contributed by atoms with Crippen LogP contribution in [0.2, 0.25) is 5.02 Å². The average molecular weight is 550 g/mol. The Morgan fingerprint density at radius 2 is 1.59 bits per heavy atom. The third-order valence-electron chi connectivity index (χ3n) is 7.16. The number of hydrogen-bond donors (Lipinski definition) is 1. The van der Waals surface area contributed by atoms with Crippen LogP contribution in [0.4, 0.5) is 0 Å². The molecule has 0 radical (unpaired) electrons. The molecule has 1 heterocycles. The van der Waals surface area contributed by atoms with Crippen LogP contribution in [0, 0.1) is 11.8 Å². The summed E-state index contributed by atoms with van der Waals surface area (Å²) in [5.74, 6) is -1.70. The highest BCUT2D eigenvalue weighted by molar-refractivity contribution is 6.30. The van der Waals surface area contributed by atoms with Gasteiger partial charge in [0, 0.05) is 36.5 Å². The summed E-state index contributed by atoms with van der Waals surface area (Å²) >= 11 is 6.24. The minimum absolute atomic E-state index is 0.00546. The van der Waals surface area contributed by atoms with Gasteiger partial charge in [0.25, 0.3) is 0 Å². The fourth-order valence-corrected chi connectivity index (χ4v) is 5.49. The zero-order valence-electron chi connectivity index (χ0n) is 22.7. The molecule has 1 aliphatic heterocycles. The molecule has 0 unspecified atom stereocenters. The van der Waals surface area contributed by atoms with Crippen LogP contribution in [0.25, 0.3) is 0 Å². The van der Waals surface area contributed by atoms with Crippen molar-refractivity contribution in [2.24, 2.45) is 11.8 Å². The molecule has 7 nitrogen and oxygen atoms in total. The van der Waals surface area contributed by atoms with Crippen molar-refractivity contribution in [3.63, 3.8) is 0 Å². The molecule has 0 spiro atoms. The van der Waals surface area contributed by atoms with Crippen LogP contribution in [0.3, 0.4) is 0 Å². The van der Waals surface area contributed by atoms with Crippen molar-refractivity contribution >= 4 is 35.2 Å². The highest BCUT2D eigenvalue weighted by Gasteiger charge is 2.47. The summed E-state index contributed by atoms with van der Waals surface area (Å²) in [6, 6.07) is 15.9. The number of hydrogen-bond acceptors (Lipinski definition) is 4. The molecule has 39 heavy (non-hydrogen) atoms. The number of benzene rings is 2. The summed E-state index contributed by atoms with van der Waals surface area (Å²) in [4.78, 5) is 56.2. The molecule has 3 atom stereocenters. The number of allylic oxidation sites excluding steroid dienone is 2. The number of likely N-dealkylation sites (tertiary alicyclic amines) is 1. The molecular weight excluding hydrogens is 514 g/mol. The minimum Gasteiger partial charge on any atom is -0.350 e. The van der Waals surface area contributed by atoms with Gasteiger partial charge in [-0.1, -0.05) is 66.2 Å². The normalized spacial score (nSPS) is 19.5. The molecule has 8 heteroatoms. The van der Waals surface area contributed by atoms with Crippen LogP contribution < -0.4 is 5.32 Å². The van der Waals surface area contributed by atoms with E-state index in [1.807, 2.05) is 69.3 Å². The first kappa shape index (κ1) is 28.6. The topological polar surface area (TPSA) is 86.8 Å². The lowest BCUT2D eigenvalue weighted by Gasteiger charge is -2.34. The van der Waals surface area contributed by atoms with Crippen LogP contribution >= 0.6 is 11.6 Å². The number of carbonyl (C=O) groups excluding carboxylic acids is 4. The van der Waals surface area contributed by atoms with E-state index in [2.05, 4.69) is 5.32 Å². The summed E-state index contributed by atoms with van der Waals surface area (Å²) < 4.78 is 0. The predicted octanol–water partition coefficient (Wildman–Crippen LogP) is 4.54. The Morgan fingerprint density at radius 1 is 0.974 bits per heavy atom. The first-order valence-electron chi connectivity index (χ1n) is 13.4. The fraction of sp³-hybridized carbons (Fsp3) is 0.419. The lowest BCUT2D eigenvalue weighted by atomic mass is 9.85. The smallest absolute Gasteiger partial charge is 0.243 e. The van der Waals surface area contributed by atoms with E-state index in [4.69, 9.17) is 11.6 Å². The summed E-state index contributed by atoms with van der Waals surface area (Å²) in [6.07, 6.45) is 5.22. The number of amides is 4. The molecule has 1 N–H and O–H groups in total. The summed E-state index contributed by atoms with van der Waals surface area (Å²) in [6.45, 7) is 5.84. The molecule has 2 aliphatic rings. The number of carbonyl (C=O) groups is 4. The lowest BCUT2D eigenvalue weighted by molar-refractivity contribution is -0.144. The lowest BCUT2D eigenvalue weighted by Crippen LogP contribution is -2.54. The fourth-order valence-electron chi connectivity index (χ4n) is 5.28. The molecule has 0 aromatic heterocycles. The molecule has 1 fully saturated rings. The van der Waals surface area contributed by atoms with Gasteiger partial charge >= 0.3 is 0 Å². The highest BCUT2D eigenvalue weighted by Crippen LogP contribution is 2.35. The van der Waals surface area contributed by atoms with Gasteiger partial charge in [0.2, 0.25) is 23.6 Å². The quantitative estimate of drug-likeness (QED) is 0.367. The number of fused-ring (bicyclic) bond motifs is 1. The summed E-state index contributed by atoms with van der Waals surface area (Å²) in [7, 11) is 0. The first-order chi connectivity index (χ1) is 18.5. The maximum atomic E-state index is 13.9. The molecular formula is C31H36ClN3O4. The van der Waals surface area contributed by atoms with Gasteiger partial charge in [-0.15, -0.1) is 0 Å². The van der Waals surface area contributed by atoms with E-state index in [0.717, 1.165) is 11.1 Å². The van der Waals surface area contributed by atoms with E-state index in [9.17, 15) is 19.2 Å². The second-order valence-electron chi connectivity index (χ2n) is 11.3. The van der Waals surface area contributed by atoms with E-state index < -0.39 is 11.6 Å². The van der Waals surface area contributed by atoms with E-state index in [0.29, 0.717) is 24.3 Å². The predicted molar refractivity (Wildman–Crippen MR) is 151 cm³/mol. The van der Waals surface area contributed by atoms with Crippen molar-refractivity contribution in [2.75, 3.05) is 6.54 Å². The second-order valence-corrected chi connectivity index (χ2v) is 11.8. The third kappa shape index (κ3) is 7.15. The Morgan fingerprint density at radius 3 is 2.18 bits per heavy atom. The Labute approximate surface area is 235 Å². The molecule has 2 aromatic rings. The molecule has 0 saturated carbocycles. The van der Waals surface area contributed by atoms with Gasteiger partial charge in [0.15, 0.2) is 0 Å².